The van der Waals surface area contributed by atoms with Gasteiger partial charge >= 0.3 is 11.9 Å². The van der Waals surface area contributed by atoms with Gasteiger partial charge in [-0.15, -0.1) is 0 Å². The van der Waals surface area contributed by atoms with E-state index in [1.165, 1.54) is 11.8 Å². The Bertz CT molecular complexity index is 836. The van der Waals surface area contributed by atoms with Crippen molar-refractivity contribution >= 4 is 53.3 Å². The van der Waals surface area contributed by atoms with Gasteiger partial charge in [-0.25, -0.2) is 4.79 Å². The molecular weight excluding hydrogens is 500 g/mol. The molecule has 0 fully saturated rings. The van der Waals surface area contributed by atoms with Crippen LogP contribution >= 0.6 is 11.8 Å². The first kappa shape index (κ1) is 32.4. The van der Waals surface area contributed by atoms with Crippen LogP contribution in [0.2, 0.25) is 0 Å². The summed E-state index contributed by atoms with van der Waals surface area (Å²) in [4.78, 5) is 75.3. The van der Waals surface area contributed by atoms with Crippen molar-refractivity contribution in [2.75, 3.05) is 18.6 Å². The Morgan fingerprint density at radius 3 is 1.89 bits per heavy atom. The molecule has 0 aliphatic carbocycles. The van der Waals surface area contributed by atoms with Crippen molar-refractivity contribution in [1.82, 2.24) is 16.0 Å². The predicted octanol–water partition coefficient (Wildman–Crippen LogP) is -3.99. The van der Waals surface area contributed by atoms with E-state index in [9.17, 15) is 33.9 Å². The minimum atomic E-state index is -1.55. The quantitative estimate of drug-likeness (QED) is 0.0462. The Balaban J connectivity index is 5.46. The summed E-state index contributed by atoms with van der Waals surface area (Å²) >= 11 is 1.35. The number of carboxylic acids is 2. The van der Waals surface area contributed by atoms with Crippen LogP contribution in [0.15, 0.2) is 4.99 Å². The summed E-state index contributed by atoms with van der Waals surface area (Å²) in [7, 11) is 0. The number of hydrogen-bond donors (Lipinski definition) is 9. The number of rotatable bonds is 18. The smallest absolute Gasteiger partial charge is 0.326 e. The largest absolute Gasteiger partial charge is 0.481 e. The lowest BCUT2D eigenvalue weighted by Gasteiger charge is -2.24. The molecule has 13 N–H and O–H groups in total. The molecule has 0 aromatic carbocycles. The molecule has 204 valence electrons. The van der Waals surface area contributed by atoms with Crippen LogP contribution in [-0.2, 0) is 28.8 Å². The number of guanidine groups is 1. The van der Waals surface area contributed by atoms with Crippen LogP contribution in [0, 0.1) is 0 Å². The monoisotopic (exact) mass is 534 g/mol. The number of carbonyl (C=O) groups excluding carboxylic acids is 4. The molecule has 17 heteroatoms. The first-order chi connectivity index (χ1) is 16.8. The fourth-order valence-corrected chi connectivity index (χ4v) is 3.25. The Morgan fingerprint density at radius 1 is 0.833 bits per heavy atom. The van der Waals surface area contributed by atoms with E-state index in [4.69, 9.17) is 28.0 Å². The number of nitrogens with two attached hydrogens (primary N) is 4. The summed E-state index contributed by atoms with van der Waals surface area (Å²) in [6.45, 7) is 0.115. The molecule has 0 aliphatic rings. The number of hydrogen-bond acceptors (Lipinski definition) is 9. The minimum Gasteiger partial charge on any atom is -0.481 e. The Labute approximate surface area is 211 Å². The van der Waals surface area contributed by atoms with Crippen LogP contribution in [0.5, 0.6) is 0 Å². The normalized spacial score (nSPS) is 13.8. The van der Waals surface area contributed by atoms with Gasteiger partial charge in [0.2, 0.25) is 23.6 Å². The molecular formula is C19H34N8O8S. The molecule has 0 heterocycles. The first-order valence-electron chi connectivity index (χ1n) is 10.7. The highest BCUT2D eigenvalue weighted by atomic mass is 32.2. The SMILES string of the molecule is CSCCC(NC(=O)C(N)CC(=O)O)C(=O)NC(CC(N)=O)C(=O)NC(CCCN=C(N)N)C(=O)O. The third-order valence-corrected chi connectivity index (χ3v) is 5.22. The lowest BCUT2D eigenvalue weighted by atomic mass is 10.1. The zero-order valence-corrected chi connectivity index (χ0v) is 20.6. The molecule has 0 aromatic rings. The average Bonchev–Trinajstić information content (AvgIpc) is 2.76. The number of carbonyl (C=O) groups is 6. The molecule has 0 radical (unpaired) electrons. The molecule has 16 nitrogen and oxygen atoms in total. The number of carboxylic acid groups (broad SMARTS) is 2. The number of nitrogens with one attached hydrogen (secondary N) is 3. The third-order valence-electron chi connectivity index (χ3n) is 4.57. The van der Waals surface area contributed by atoms with Gasteiger partial charge in [-0.3, -0.25) is 29.0 Å². The Kier molecular flexibility index (Phi) is 15.2. The molecule has 4 unspecified atom stereocenters. The highest BCUT2D eigenvalue weighted by molar-refractivity contribution is 7.98. The molecule has 4 amide bonds. The van der Waals surface area contributed by atoms with Gasteiger partial charge in [-0.05, 0) is 31.3 Å². The number of primary amides is 1. The summed E-state index contributed by atoms with van der Waals surface area (Å²) in [6, 6.07) is -5.56. The van der Waals surface area contributed by atoms with E-state index in [-0.39, 0.29) is 31.8 Å². The van der Waals surface area contributed by atoms with Crippen molar-refractivity contribution in [3.63, 3.8) is 0 Å². The number of amides is 4. The van der Waals surface area contributed by atoms with Crippen molar-refractivity contribution in [2.24, 2.45) is 27.9 Å². The standard InChI is InChI=1S/C19H34N8O8S/c1-36-6-4-10(25-15(31)9(20)7-14(29)30)16(32)27-12(8-13(21)28)17(33)26-11(18(34)35)3-2-5-24-19(22)23/h9-12H,2-8,20H2,1H3,(H2,21,28)(H,25,31)(H,26,33)(H,27,32)(H,29,30)(H,34,35)(H4,22,23,24). The number of nitrogens with zero attached hydrogens (tertiary/aromatic N) is 1. The molecule has 0 aromatic heterocycles. The van der Waals surface area contributed by atoms with Crippen molar-refractivity contribution in [3.05, 3.63) is 0 Å². The van der Waals surface area contributed by atoms with Crippen molar-refractivity contribution < 1.29 is 39.0 Å². The third kappa shape index (κ3) is 14.0. The molecule has 0 aliphatic heterocycles. The zero-order chi connectivity index (χ0) is 27.8. The van der Waals surface area contributed by atoms with E-state index in [1.807, 2.05) is 0 Å². The fourth-order valence-electron chi connectivity index (χ4n) is 2.78. The zero-order valence-electron chi connectivity index (χ0n) is 19.8. The molecule has 4 atom stereocenters. The lowest BCUT2D eigenvalue weighted by molar-refractivity contribution is -0.142. The highest BCUT2D eigenvalue weighted by Crippen LogP contribution is 2.05. The van der Waals surface area contributed by atoms with Gasteiger partial charge in [0, 0.05) is 6.54 Å². The van der Waals surface area contributed by atoms with Gasteiger partial charge in [-0.1, -0.05) is 0 Å². The predicted molar refractivity (Wildman–Crippen MR) is 130 cm³/mol. The van der Waals surface area contributed by atoms with E-state index in [2.05, 4.69) is 20.9 Å². The van der Waals surface area contributed by atoms with E-state index in [0.717, 1.165) is 0 Å². The maximum absolute atomic E-state index is 12.8. The summed E-state index contributed by atoms with van der Waals surface area (Å²) in [5, 5.41) is 25.0. The number of aliphatic imine (C=N–C) groups is 1. The lowest BCUT2D eigenvalue weighted by Crippen LogP contribution is -2.58. The Hall–Kier alpha value is -3.60. The van der Waals surface area contributed by atoms with Gasteiger partial charge in [0.05, 0.1) is 18.9 Å². The average molecular weight is 535 g/mol. The van der Waals surface area contributed by atoms with Crippen LogP contribution < -0.4 is 38.9 Å². The summed E-state index contributed by atoms with van der Waals surface area (Å²) in [5.41, 5.74) is 21.1. The highest BCUT2D eigenvalue weighted by Gasteiger charge is 2.31. The second-order valence-corrected chi connectivity index (χ2v) is 8.61. The first-order valence-corrected chi connectivity index (χ1v) is 12.1. The van der Waals surface area contributed by atoms with Gasteiger partial charge in [0.25, 0.3) is 0 Å². The van der Waals surface area contributed by atoms with Crippen LogP contribution in [0.4, 0.5) is 0 Å². The molecule has 0 bridgehead atoms. The summed E-state index contributed by atoms with van der Waals surface area (Å²) < 4.78 is 0. The van der Waals surface area contributed by atoms with E-state index in [1.54, 1.807) is 6.26 Å². The number of thioether (sulfide) groups is 1. The fraction of sp³-hybridized carbons (Fsp3) is 0.632. The molecule has 36 heavy (non-hydrogen) atoms. The minimum absolute atomic E-state index is 0.0526. The van der Waals surface area contributed by atoms with Crippen LogP contribution in [0.25, 0.3) is 0 Å². The molecule has 0 saturated heterocycles. The van der Waals surface area contributed by atoms with Crippen molar-refractivity contribution in [3.8, 4) is 0 Å². The van der Waals surface area contributed by atoms with Crippen LogP contribution in [0.3, 0.4) is 0 Å². The van der Waals surface area contributed by atoms with Gasteiger partial charge in [-0.2, -0.15) is 11.8 Å². The topological polar surface area (TPSA) is 295 Å². The maximum atomic E-state index is 12.8. The summed E-state index contributed by atoms with van der Waals surface area (Å²) in [5.74, 6) is -6.18. The van der Waals surface area contributed by atoms with E-state index in [0.29, 0.717) is 5.75 Å². The van der Waals surface area contributed by atoms with Gasteiger partial charge in [0.1, 0.15) is 18.1 Å². The molecule has 0 rings (SSSR count). The van der Waals surface area contributed by atoms with Crippen molar-refractivity contribution in [2.45, 2.75) is 56.3 Å². The van der Waals surface area contributed by atoms with Crippen molar-refractivity contribution in [1.29, 1.82) is 0 Å². The van der Waals surface area contributed by atoms with Gasteiger partial charge < -0.3 is 49.1 Å². The maximum Gasteiger partial charge on any atom is 0.326 e. The van der Waals surface area contributed by atoms with E-state index >= 15 is 0 Å². The second-order valence-electron chi connectivity index (χ2n) is 7.63. The molecule has 0 saturated carbocycles. The van der Waals surface area contributed by atoms with Gasteiger partial charge in [0.15, 0.2) is 5.96 Å². The molecule has 0 spiro atoms. The second kappa shape index (κ2) is 16.9. The summed E-state index contributed by atoms with van der Waals surface area (Å²) in [6.07, 6.45) is 0.667. The van der Waals surface area contributed by atoms with Crippen LogP contribution in [-0.4, -0.2) is 94.5 Å². The van der Waals surface area contributed by atoms with Crippen LogP contribution in [0.1, 0.15) is 32.1 Å². The number of aliphatic carboxylic acids is 2. The Morgan fingerprint density at radius 2 is 1.39 bits per heavy atom. The van der Waals surface area contributed by atoms with E-state index < -0.39 is 72.6 Å².